The molecule has 0 radical (unpaired) electrons. The fraction of sp³-hybridized carbons (Fsp3) is 0.292. The van der Waals surface area contributed by atoms with Crippen molar-refractivity contribution >= 4 is 64.0 Å². The summed E-state index contributed by atoms with van der Waals surface area (Å²) in [5.41, 5.74) is 2.33. The highest BCUT2D eigenvalue weighted by atomic mass is 35.5. The lowest BCUT2D eigenvalue weighted by Crippen LogP contribution is -2.32. The third-order valence-corrected chi connectivity index (χ3v) is 6.81. The van der Waals surface area contributed by atoms with Crippen molar-refractivity contribution in [3.05, 3.63) is 69.3 Å². The van der Waals surface area contributed by atoms with E-state index in [4.69, 9.17) is 27.9 Å². The van der Waals surface area contributed by atoms with Crippen molar-refractivity contribution < 1.29 is 19.1 Å². The van der Waals surface area contributed by atoms with E-state index in [1.165, 1.54) is 6.92 Å². The maximum absolute atomic E-state index is 13.3. The lowest BCUT2D eigenvalue weighted by Gasteiger charge is -2.20. The molecule has 0 aliphatic carbocycles. The minimum Gasteiger partial charge on any atom is -0.462 e. The summed E-state index contributed by atoms with van der Waals surface area (Å²) in [7, 11) is 1.78. The summed E-state index contributed by atoms with van der Waals surface area (Å²) in [5.74, 6) is -0.917. The van der Waals surface area contributed by atoms with Gasteiger partial charge in [0.05, 0.1) is 28.3 Å². The first-order valence-corrected chi connectivity index (χ1v) is 12.5. The minimum absolute atomic E-state index is 0.177. The van der Waals surface area contributed by atoms with Crippen LogP contribution in [0.15, 0.2) is 42.5 Å². The van der Waals surface area contributed by atoms with Gasteiger partial charge in [0.2, 0.25) is 5.91 Å². The number of hydrogen-bond donors (Lipinski definition) is 3. The average molecular weight is 537 g/mol. The van der Waals surface area contributed by atoms with Crippen LogP contribution < -0.4 is 14.8 Å². The molecule has 0 saturated heterocycles. The molecular formula is C24H26Cl2N4O4S. The van der Waals surface area contributed by atoms with E-state index in [1.807, 2.05) is 12.1 Å². The lowest BCUT2D eigenvalue weighted by atomic mass is 10.0. The van der Waals surface area contributed by atoms with Crippen LogP contribution in [0, 0.1) is 0 Å². The molecule has 2 aromatic carbocycles. The van der Waals surface area contributed by atoms with E-state index in [1.54, 1.807) is 48.9 Å². The molecule has 0 saturated carbocycles. The number of carbonyl (C=O) groups excluding carboxylic acids is 3. The van der Waals surface area contributed by atoms with Crippen LogP contribution in [0.2, 0.25) is 10.0 Å². The van der Waals surface area contributed by atoms with Gasteiger partial charge in [-0.15, -0.1) is 0 Å². The van der Waals surface area contributed by atoms with Crippen molar-refractivity contribution in [2.45, 2.75) is 26.3 Å². The van der Waals surface area contributed by atoms with Crippen molar-refractivity contribution in [3.8, 4) is 0 Å². The Bertz CT molecular complexity index is 1250. The molecule has 2 amide bonds. The van der Waals surface area contributed by atoms with Gasteiger partial charge in [-0.1, -0.05) is 35.3 Å². The molecule has 8 nitrogen and oxygen atoms in total. The van der Waals surface area contributed by atoms with Crippen LogP contribution in [0.3, 0.4) is 0 Å². The first-order chi connectivity index (χ1) is 16.7. The second-order valence-electron chi connectivity index (χ2n) is 7.70. The molecule has 0 aliphatic heterocycles. The average Bonchev–Trinajstić information content (AvgIpc) is 3.17. The molecule has 3 rings (SSSR count). The predicted molar refractivity (Wildman–Crippen MR) is 140 cm³/mol. The first kappa shape index (κ1) is 26.9. The Labute approximate surface area is 217 Å². The monoisotopic (exact) mass is 536 g/mol. The highest BCUT2D eigenvalue weighted by molar-refractivity contribution is 7.96. The molecule has 1 heterocycles. The van der Waals surface area contributed by atoms with Gasteiger partial charge in [-0.2, -0.15) is 0 Å². The normalized spacial score (nSPS) is 11.8. The van der Waals surface area contributed by atoms with Crippen molar-refractivity contribution in [2.24, 2.45) is 7.05 Å². The fourth-order valence-electron chi connectivity index (χ4n) is 3.58. The van der Waals surface area contributed by atoms with E-state index in [9.17, 15) is 14.4 Å². The number of nitrogens with one attached hydrogen (secondary N) is 3. The van der Waals surface area contributed by atoms with E-state index in [-0.39, 0.29) is 18.4 Å². The second-order valence-corrected chi connectivity index (χ2v) is 9.18. The van der Waals surface area contributed by atoms with Gasteiger partial charge in [-0.25, -0.2) is 9.52 Å². The zero-order valence-electron chi connectivity index (χ0n) is 19.5. The number of aromatic nitrogens is 1. The second kappa shape index (κ2) is 12.3. The van der Waals surface area contributed by atoms with Gasteiger partial charge in [0.1, 0.15) is 5.69 Å². The largest absolute Gasteiger partial charge is 0.462 e. The van der Waals surface area contributed by atoms with E-state index >= 15 is 0 Å². The highest BCUT2D eigenvalue weighted by Gasteiger charge is 2.21. The first-order valence-electron chi connectivity index (χ1n) is 10.9. The maximum atomic E-state index is 13.3. The number of amides is 2. The van der Waals surface area contributed by atoms with Crippen molar-refractivity contribution in [3.63, 3.8) is 0 Å². The number of ether oxygens (including phenoxy) is 1. The Hall–Kier alpha value is -2.72. The summed E-state index contributed by atoms with van der Waals surface area (Å²) in [6.07, 6.45) is 0.487. The molecule has 0 bridgehead atoms. The number of aryl methyl sites for hydroxylation is 1. The van der Waals surface area contributed by atoms with E-state index in [0.717, 1.165) is 23.2 Å². The zero-order chi connectivity index (χ0) is 25.5. The van der Waals surface area contributed by atoms with E-state index in [0.29, 0.717) is 39.7 Å². The molecule has 11 heteroatoms. The van der Waals surface area contributed by atoms with Crippen LogP contribution in [-0.2, 0) is 16.6 Å². The van der Waals surface area contributed by atoms with Gasteiger partial charge in [-0.05, 0) is 49.2 Å². The van der Waals surface area contributed by atoms with Crippen LogP contribution in [0.1, 0.15) is 52.7 Å². The smallest absolute Gasteiger partial charge is 0.338 e. The summed E-state index contributed by atoms with van der Waals surface area (Å²) in [5, 5.41) is 4.54. The number of esters is 1. The van der Waals surface area contributed by atoms with Crippen LogP contribution in [-0.4, -0.2) is 35.5 Å². The Balaban J connectivity index is 1.86. The molecule has 35 heavy (non-hydrogen) atoms. The summed E-state index contributed by atoms with van der Waals surface area (Å²) >= 11 is 13.6. The molecule has 1 atom stereocenters. The van der Waals surface area contributed by atoms with Gasteiger partial charge < -0.3 is 14.6 Å². The zero-order valence-corrected chi connectivity index (χ0v) is 21.8. The topological polar surface area (TPSA) is 101 Å². The van der Waals surface area contributed by atoms with Crippen LogP contribution in [0.25, 0.3) is 10.9 Å². The Kier molecular flexibility index (Phi) is 9.45. The Morgan fingerprint density at radius 3 is 2.63 bits per heavy atom. The quantitative estimate of drug-likeness (QED) is 0.195. The van der Waals surface area contributed by atoms with Crippen molar-refractivity contribution in [1.82, 2.24) is 19.3 Å². The Morgan fingerprint density at radius 1 is 1.14 bits per heavy atom. The summed E-state index contributed by atoms with van der Waals surface area (Å²) < 4.78 is 12.5. The summed E-state index contributed by atoms with van der Waals surface area (Å²) in [6, 6.07) is 11.7. The summed E-state index contributed by atoms with van der Waals surface area (Å²) in [4.78, 5) is 36.6. The molecule has 1 unspecified atom stereocenters. The SMILES string of the molecule is CCOC(=O)c1cccc(C(CCNSNC(C)=O)NC(=O)c2cc3c(Cl)c(Cl)ccc3n2C)c1. The molecule has 3 aromatic rings. The van der Waals surface area contributed by atoms with Gasteiger partial charge in [0.15, 0.2) is 0 Å². The van der Waals surface area contributed by atoms with Gasteiger partial charge in [-0.3, -0.25) is 14.3 Å². The lowest BCUT2D eigenvalue weighted by molar-refractivity contribution is -0.117. The van der Waals surface area contributed by atoms with Gasteiger partial charge in [0.25, 0.3) is 5.91 Å². The number of fused-ring (bicyclic) bond motifs is 1. The number of rotatable bonds is 10. The van der Waals surface area contributed by atoms with Crippen molar-refractivity contribution in [1.29, 1.82) is 0 Å². The molecular weight excluding hydrogens is 511 g/mol. The number of carbonyl (C=O) groups is 3. The molecule has 0 fully saturated rings. The van der Waals surface area contributed by atoms with Crippen molar-refractivity contribution in [2.75, 3.05) is 13.2 Å². The predicted octanol–water partition coefficient (Wildman–Crippen LogP) is 4.81. The summed E-state index contributed by atoms with van der Waals surface area (Å²) in [6.45, 7) is 3.89. The van der Waals surface area contributed by atoms with E-state index in [2.05, 4.69) is 14.8 Å². The highest BCUT2D eigenvalue weighted by Crippen LogP contribution is 2.32. The van der Waals surface area contributed by atoms with Gasteiger partial charge >= 0.3 is 5.97 Å². The third-order valence-electron chi connectivity index (χ3n) is 5.25. The molecule has 3 N–H and O–H groups in total. The third kappa shape index (κ3) is 6.70. The fourth-order valence-corrected chi connectivity index (χ4v) is 4.40. The van der Waals surface area contributed by atoms with Crippen LogP contribution in [0.4, 0.5) is 0 Å². The number of nitrogens with zero attached hydrogens (tertiary/aromatic N) is 1. The standard InChI is InChI=1S/C24H26Cl2N4O4S/c1-4-34-24(33)16-7-5-6-15(12-16)19(10-11-27-35-29-14(2)31)28-23(32)21-13-17-20(30(21)3)9-8-18(25)22(17)26/h5-9,12-13,19,27H,4,10-11H2,1-3H3,(H,28,32)(H,29,31). The van der Waals surface area contributed by atoms with Gasteiger partial charge in [0, 0.05) is 43.6 Å². The number of hydrogen-bond acceptors (Lipinski definition) is 6. The van der Waals surface area contributed by atoms with E-state index < -0.39 is 12.0 Å². The molecule has 0 aliphatic rings. The number of benzene rings is 2. The van der Waals surface area contributed by atoms with Crippen LogP contribution in [0.5, 0.6) is 0 Å². The maximum Gasteiger partial charge on any atom is 0.338 e. The number of halogens is 2. The Morgan fingerprint density at radius 2 is 1.91 bits per heavy atom. The minimum atomic E-state index is -0.432. The molecule has 186 valence electrons. The van der Waals surface area contributed by atoms with Crippen LogP contribution >= 0.6 is 35.3 Å². The molecule has 0 spiro atoms. The molecule has 1 aromatic heterocycles.